The zero-order valence-corrected chi connectivity index (χ0v) is 31.2. The average Bonchev–Trinajstić information content (AvgIpc) is 3.63. The molecule has 258 valence electrons. The molecule has 6 rings (SSSR count). The maximum absolute atomic E-state index is 14.5. The Kier molecular flexibility index (Phi) is 10.7. The standard InChI is InChI=1S/C40H41N2O5PS2/c1-5-32(43)33(48(28-16-9-6-10-17-28,29-18-11-7-12-19-29)30-20-13-8-14-21-30)24-27-26-50-38-35(41-34(44)25-31-22-15-23-49-31)37(45)42(38)36(27)39(46)47-40(2,3)4/h6-23,35,38H,5,24-26H2,1-4H3,(H,41,44)/t35-,38-/m1/s1. The van der Waals surface area contributed by atoms with Gasteiger partial charge >= 0.3 is 5.97 Å². The van der Waals surface area contributed by atoms with Gasteiger partial charge < -0.3 is 10.1 Å². The van der Waals surface area contributed by atoms with E-state index in [4.69, 9.17) is 4.74 Å². The van der Waals surface area contributed by atoms with Gasteiger partial charge in [-0.25, -0.2) is 4.79 Å². The first kappa shape index (κ1) is 35.6. The fourth-order valence-electron chi connectivity index (χ4n) is 6.61. The molecule has 7 nitrogen and oxygen atoms in total. The highest BCUT2D eigenvalue weighted by atomic mass is 32.2. The highest BCUT2D eigenvalue weighted by Gasteiger charge is 2.55. The van der Waals surface area contributed by atoms with Crippen LogP contribution < -0.4 is 21.2 Å². The topological polar surface area (TPSA) is 92.8 Å². The summed E-state index contributed by atoms with van der Waals surface area (Å²) in [5, 5.41) is 8.16. The molecule has 3 heterocycles. The lowest BCUT2D eigenvalue weighted by Gasteiger charge is -2.50. The van der Waals surface area contributed by atoms with Gasteiger partial charge in [-0.15, -0.1) is 23.1 Å². The van der Waals surface area contributed by atoms with Gasteiger partial charge in [-0.05, 0) is 60.6 Å². The van der Waals surface area contributed by atoms with Crippen LogP contribution in [-0.4, -0.2) is 56.5 Å². The van der Waals surface area contributed by atoms with Crippen LogP contribution in [0.2, 0.25) is 0 Å². The molecule has 0 saturated carbocycles. The van der Waals surface area contributed by atoms with Gasteiger partial charge in [-0.1, -0.05) is 104 Å². The molecule has 1 aromatic heterocycles. The highest BCUT2D eigenvalue weighted by molar-refractivity contribution is 8.00. The van der Waals surface area contributed by atoms with Crippen molar-refractivity contribution in [3.63, 3.8) is 0 Å². The summed E-state index contributed by atoms with van der Waals surface area (Å²) in [5.74, 6) is -0.822. The average molecular weight is 725 g/mol. The molecule has 1 saturated heterocycles. The number of thiophene rings is 1. The fraction of sp³-hybridized carbons (Fsp3) is 0.275. The van der Waals surface area contributed by atoms with Crippen LogP contribution in [0.1, 0.15) is 45.4 Å². The number of hydrogen-bond donors (Lipinski definition) is 1. The van der Waals surface area contributed by atoms with E-state index in [-0.39, 0.29) is 42.6 Å². The Bertz CT molecular complexity index is 1870. The van der Waals surface area contributed by atoms with E-state index >= 15 is 0 Å². The summed E-state index contributed by atoms with van der Waals surface area (Å²) < 4.78 is 5.93. The van der Waals surface area contributed by atoms with Crippen molar-refractivity contribution in [2.75, 3.05) is 5.75 Å². The Balaban J connectivity index is 1.53. The van der Waals surface area contributed by atoms with Gasteiger partial charge in [-0.3, -0.25) is 19.3 Å². The van der Waals surface area contributed by atoms with Gasteiger partial charge in [0, 0.05) is 28.8 Å². The van der Waals surface area contributed by atoms with Crippen molar-refractivity contribution >= 4 is 74.8 Å². The largest absolute Gasteiger partial charge is 0.455 e. The first-order valence-electron chi connectivity index (χ1n) is 16.7. The Morgan fingerprint density at radius 3 is 1.88 bits per heavy atom. The molecule has 10 heteroatoms. The van der Waals surface area contributed by atoms with Crippen LogP contribution in [0.4, 0.5) is 0 Å². The van der Waals surface area contributed by atoms with E-state index in [0.29, 0.717) is 16.6 Å². The summed E-state index contributed by atoms with van der Waals surface area (Å²) in [6.07, 6.45) is 0.641. The molecule has 2 aliphatic rings. The van der Waals surface area contributed by atoms with Crippen molar-refractivity contribution in [1.29, 1.82) is 0 Å². The van der Waals surface area contributed by atoms with Gasteiger partial charge in [0.05, 0.1) is 6.42 Å². The number of amides is 2. The Morgan fingerprint density at radius 2 is 1.40 bits per heavy atom. The number of thioether (sulfide) groups is 1. The van der Waals surface area contributed by atoms with E-state index in [1.54, 1.807) is 20.8 Å². The number of carbonyl (C=O) groups excluding carboxylic acids is 4. The molecule has 1 N–H and O–H groups in total. The van der Waals surface area contributed by atoms with Crippen LogP contribution in [0.25, 0.3) is 0 Å². The molecular formula is C40H41N2O5PS2. The minimum atomic E-state index is -2.78. The molecular weight excluding hydrogens is 684 g/mol. The van der Waals surface area contributed by atoms with E-state index in [2.05, 4.69) is 41.7 Å². The number of esters is 1. The fourth-order valence-corrected chi connectivity index (χ4v) is 13.3. The summed E-state index contributed by atoms with van der Waals surface area (Å²) in [4.78, 5) is 57.9. The summed E-state index contributed by atoms with van der Waals surface area (Å²) in [6.45, 7) is 4.47. The minimum absolute atomic E-state index is 0.00621. The molecule has 2 amide bonds. The van der Waals surface area contributed by atoms with Crippen molar-refractivity contribution in [3.05, 3.63) is 125 Å². The predicted octanol–water partition coefficient (Wildman–Crippen LogP) is 5.82. The molecule has 2 aliphatic heterocycles. The number of rotatable bonds is 11. The first-order chi connectivity index (χ1) is 24.0. The number of ether oxygens (including phenoxy) is 1. The number of ketones is 1. The lowest BCUT2D eigenvalue weighted by molar-refractivity contribution is -0.159. The second-order valence-electron chi connectivity index (χ2n) is 13.2. The van der Waals surface area contributed by atoms with Crippen LogP contribution in [0.15, 0.2) is 120 Å². The van der Waals surface area contributed by atoms with Crippen LogP contribution in [0, 0.1) is 0 Å². The maximum Gasteiger partial charge on any atom is 0.355 e. The molecule has 0 radical (unpaired) electrons. The van der Waals surface area contributed by atoms with E-state index in [9.17, 15) is 19.2 Å². The third-order valence-electron chi connectivity index (χ3n) is 8.73. The minimum Gasteiger partial charge on any atom is -0.455 e. The number of hydrogen-bond acceptors (Lipinski definition) is 7. The molecule has 2 atom stereocenters. The summed E-state index contributed by atoms with van der Waals surface area (Å²) in [5.41, 5.74) is 0.0188. The number of fused-ring (bicyclic) bond motifs is 1. The lowest BCUT2D eigenvalue weighted by Crippen LogP contribution is -2.70. The van der Waals surface area contributed by atoms with E-state index in [1.807, 2.05) is 79.0 Å². The van der Waals surface area contributed by atoms with Gasteiger partial charge in [0.1, 0.15) is 22.7 Å². The number of carbonyl (C=O) groups is 4. The second-order valence-corrected chi connectivity index (χ2v) is 18.8. The second kappa shape index (κ2) is 15.0. The van der Waals surface area contributed by atoms with E-state index < -0.39 is 29.9 Å². The predicted molar refractivity (Wildman–Crippen MR) is 206 cm³/mol. The van der Waals surface area contributed by atoms with E-state index in [1.165, 1.54) is 28.0 Å². The SMILES string of the molecule is CCC(=O)C(CC1=C(C(=O)OC(C)(C)C)N2C(=O)[C@@H](NC(=O)Cc3cccs3)[C@H]2SC1)=P(c1ccccc1)(c1ccccc1)c1ccccc1. The lowest BCUT2D eigenvalue weighted by atomic mass is 9.99. The van der Waals surface area contributed by atoms with Gasteiger partial charge in [0.2, 0.25) is 5.91 Å². The van der Waals surface area contributed by atoms with Crippen molar-refractivity contribution in [1.82, 2.24) is 10.2 Å². The number of nitrogens with one attached hydrogen (secondary N) is 1. The smallest absolute Gasteiger partial charge is 0.355 e. The molecule has 0 spiro atoms. The summed E-state index contributed by atoms with van der Waals surface area (Å²) in [6, 6.07) is 33.5. The third kappa shape index (κ3) is 7.05. The molecule has 50 heavy (non-hydrogen) atoms. The van der Waals surface area contributed by atoms with Crippen LogP contribution in [-0.2, 0) is 30.3 Å². The molecule has 3 aromatic carbocycles. The Hall–Kier alpha value is -4.17. The Labute approximate surface area is 302 Å². The third-order valence-corrected chi connectivity index (χ3v) is 15.4. The van der Waals surface area contributed by atoms with Gasteiger partial charge in [-0.2, -0.15) is 0 Å². The number of β-lactam (4-membered cyclic amide) rings is 1. The number of nitrogens with zero attached hydrogens (tertiary/aromatic N) is 1. The first-order valence-corrected chi connectivity index (χ1v) is 20.4. The molecule has 0 aliphatic carbocycles. The number of Topliss-reactive ketones (excluding diaryl/α,β-unsaturated/α-hetero) is 1. The van der Waals surface area contributed by atoms with Crippen LogP contribution in [0.5, 0.6) is 0 Å². The van der Waals surface area contributed by atoms with Crippen LogP contribution >= 0.6 is 30.0 Å². The maximum atomic E-state index is 14.5. The zero-order chi connectivity index (χ0) is 35.5. The summed E-state index contributed by atoms with van der Waals surface area (Å²) in [7, 11) is 0. The van der Waals surface area contributed by atoms with Crippen molar-refractivity contribution < 1.29 is 23.9 Å². The number of benzene rings is 3. The molecule has 0 bridgehead atoms. The normalized spacial score (nSPS) is 17.4. The van der Waals surface area contributed by atoms with Gasteiger partial charge in [0.15, 0.2) is 5.78 Å². The summed E-state index contributed by atoms with van der Waals surface area (Å²) >= 11 is 2.98. The highest BCUT2D eigenvalue weighted by Crippen LogP contribution is 2.49. The zero-order valence-electron chi connectivity index (χ0n) is 28.6. The van der Waals surface area contributed by atoms with Crippen molar-refractivity contribution in [2.24, 2.45) is 0 Å². The Morgan fingerprint density at radius 1 is 0.840 bits per heavy atom. The van der Waals surface area contributed by atoms with Gasteiger partial charge in [0.25, 0.3) is 5.91 Å². The van der Waals surface area contributed by atoms with E-state index in [0.717, 1.165) is 20.8 Å². The van der Waals surface area contributed by atoms with Crippen LogP contribution in [0.3, 0.4) is 0 Å². The van der Waals surface area contributed by atoms with Crippen molar-refractivity contribution in [3.8, 4) is 0 Å². The quantitative estimate of drug-likeness (QED) is 0.119. The molecule has 0 unspecified atom stereocenters. The monoisotopic (exact) mass is 724 g/mol. The molecule has 4 aromatic rings. The van der Waals surface area contributed by atoms with Crippen molar-refractivity contribution in [2.45, 2.75) is 64.0 Å². The molecule has 1 fully saturated rings.